The Morgan fingerprint density at radius 1 is 0.852 bits per heavy atom. The van der Waals surface area contributed by atoms with E-state index in [1.807, 2.05) is 37.3 Å². The Morgan fingerprint density at radius 3 is 1.93 bits per heavy atom. The van der Waals surface area contributed by atoms with Gasteiger partial charge in [0, 0.05) is 12.2 Å². The van der Waals surface area contributed by atoms with Crippen LogP contribution >= 0.6 is 0 Å². The number of urea groups is 1. The Balaban J connectivity index is 1.94. The van der Waals surface area contributed by atoms with E-state index >= 15 is 0 Å². The zero-order valence-electron chi connectivity index (χ0n) is 14.9. The first kappa shape index (κ1) is 18.6. The second-order valence-corrected chi connectivity index (χ2v) is 6.09. The summed E-state index contributed by atoms with van der Waals surface area (Å²) in [7, 11) is 0. The highest BCUT2D eigenvalue weighted by molar-refractivity contribution is 5.89. The van der Waals surface area contributed by atoms with Crippen LogP contribution in [-0.2, 0) is 0 Å². The first-order chi connectivity index (χ1) is 13.1. The maximum atomic E-state index is 13.4. The van der Waals surface area contributed by atoms with E-state index < -0.39 is 0 Å². The van der Waals surface area contributed by atoms with Gasteiger partial charge >= 0.3 is 6.03 Å². The van der Waals surface area contributed by atoms with Gasteiger partial charge in [-0.1, -0.05) is 42.5 Å². The summed E-state index contributed by atoms with van der Waals surface area (Å²) >= 11 is 0. The number of hydrogen-bond acceptors (Lipinski definition) is 1. The summed E-state index contributed by atoms with van der Waals surface area (Å²) in [6.45, 7) is 2.31. The van der Waals surface area contributed by atoms with Crippen LogP contribution in [-0.4, -0.2) is 17.5 Å². The van der Waals surface area contributed by atoms with Gasteiger partial charge in [-0.2, -0.15) is 0 Å². The third-order valence-corrected chi connectivity index (χ3v) is 4.31. The van der Waals surface area contributed by atoms with Crippen molar-refractivity contribution in [1.29, 1.82) is 0 Å². The molecule has 0 radical (unpaired) electrons. The van der Waals surface area contributed by atoms with Crippen LogP contribution < -0.4 is 5.32 Å². The predicted octanol–water partition coefficient (Wildman–Crippen LogP) is 5.61. The molecule has 3 aromatic rings. The Morgan fingerprint density at radius 2 is 1.37 bits per heavy atom. The number of nitrogens with one attached hydrogen (secondary N) is 1. The van der Waals surface area contributed by atoms with Gasteiger partial charge in [-0.25, -0.2) is 13.6 Å². The smallest absolute Gasteiger partial charge is 0.314 e. The van der Waals surface area contributed by atoms with Crippen molar-refractivity contribution >= 4 is 11.7 Å². The molecule has 1 unspecified atom stereocenters. The Labute approximate surface area is 157 Å². The second-order valence-electron chi connectivity index (χ2n) is 6.09. The van der Waals surface area contributed by atoms with E-state index in [1.165, 1.54) is 36.4 Å². The Kier molecular flexibility index (Phi) is 5.81. The molecule has 3 nitrogen and oxygen atoms in total. The minimum atomic E-state index is -0.378. The van der Waals surface area contributed by atoms with E-state index in [2.05, 4.69) is 5.32 Å². The molecule has 1 atom stereocenters. The maximum Gasteiger partial charge on any atom is 0.322 e. The van der Waals surface area contributed by atoms with Gasteiger partial charge in [0.25, 0.3) is 0 Å². The van der Waals surface area contributed by atoms with E-state index in [0.717, 1.165) is 11.1 Å². The van der Waals surface area contributed by atoms with E-state index in [4.69, 9.17) is 0 Å². The van der Waals surface area contributed by atoms with Gasteiger partial charge in [0.2, 0.25) is 0 Å². The predicted molar refractivity (Wildman–Crippen MR) is 102 cm³/mol. The lowest BCUT2D eigenvalue weighted by Crippen LogP contribution is -2.38. The molecular formula is C22H20F2N2O. The monoisotopic (exact) mass is 366 g/mol. The van der Waals surface area contributed by atoms with Gasteiger partial charge in [0.1, 0.15) is 11.6 Å². The van der Waals surface area contributed by atoms with Crippen LogP contribution in [0, 0.1) is 11.6 Å². The van der Waals surface area contributed by atoms with Crippen molar-refractivity contribution in [1.82, 2.24) is 4.90 Å². The van der Waals surface area contributed by atoms with Crippen molar-refractivity contribution in [3.8, 4) is 0 Å². The summed E-state index contributed by atoms with van der Waals surface area (Å²) in [5.74, 6) is -0.696. The Hall–Kier alpha value is -3.21. The largest absolute Gasteiger partial charge is 0.322 e. The summed E-state index contributed by atoms with van der Waals surface area (Å²) in [5, 5.41) is 2.80. The maximum absolute atomic E-state index is 13.4. The highest BCUT2D eigenvalue weighted by Gasteiger charge is 2.25. The number of nitrogens with zero attached hydrogens (tertiary/aromatic N) is 1. The normalized spacial score (nSPS) is 11.7. The van der Waals surface area contributed by atoms with Crippen LogP contribution in [0.15, 0.2) is 78.9 Å². The van der Waals surface area contributed by atoms with Gasteiger partial charge in [0.15, 0.2) is 0 Å². The molecule has 0 saturated carbocycles. The van der Waals surface area contributed by atoms with Crippen LogP contribution in [0.2, 0.25) is 0 Å². The number of amides is 2. The van der Waals surface area contributed by atoms with Crippen molar-refractivity contribution < 1.29 is 13.6 Å². The average Bonchev–Trinajstić information content (AvgIpc) is 2.69. The summed E-state index contributed by atoms with van der Waals surface area (Å²) in [4.78, 5) is 14.6. The van der Waals surface area contributed by atoms with Gasteiger partial charge in [-0.05, 0) is 54.4 Å². The number of halogens is 2. The molecule has 0 aliphatic carbocycles. The molecule has 0 aromatic heterocycles. The highest BCUT2D eigenvalue weighted by Crippen LogP contribution is 2.29. The number of rotatable bonds is 5. The molecule has 3 aromatic carbocycles. The molecule has 0 heterocycles. The standard InChI is InChI=1S/C22H20F2N2O/c1-2-26(22(27)25-20-14-12-19(24)13-15-20)21(16-6-4-3-5-7-16)17-8-10-18(23)11-9-17/h3-15,21H,2H2,1H3,(H,25,27). The molecule has 27 heavy (non-hydrogen) atoms. The lowest BCUT2D eigenvalue weighted by atomic mass is 9.97. The zero-order valence-corrected chi connectivity index (χ0v) is 14.9. The minimum Gasteiger partial charge on any atom is -0.314 e. The topological polar surface area (TPSA) is 32.3 Å². The van der Waals surface area contributed by atoms with E-state index in [1.54, 1.807) is 17.0 Å². The number of carbonyl (C=O) groups excluding carboxylic acids is 1. The summed E-state index contributed by atoms with van der Waals surface area (Å²) in [5.41, 5.74) is 2.23. The van der Waals surface area contributed by atoms with Gasteiger partial charge < -0.3 is 10.2 Å². The van der Waals surface area contributed by atoms with Crippen LogP contribution in [0.1, 0.15) is 24.1 Å². The first-order valence-corrected chi connectivity index (χ1v) is 8.72. The van der Waals surface area contributed by atoms with Crippen molar-refractivity contribution in [2.24, 2.45) is 0 Å². The molecular weight excluding hydrogens is 346 g/mol. The molecule has 3 rings (SSSR count). The fourth-order valence-electron chi connectivity index (χ4n) is 3.00. The van der Waals surface area contributed by atoms with Crippen molar-refractivity contribution in [3.05, 3.63) is 102 Å². The average molecular weight is 366 g/mol. The zero-order chi connectivity index (χ0) is 19.2. The number of hydrogen-bond donors (Lipinski definition) is 1. The molecule has 0 spiro atoms. The van der Waals surface area contributed by atoms with Crippen LogP contribution in [0.25, 0.3) is 0 Å². The molecule has 138 valence electrons. The number of carbonyl (C=O) groups is 1. The minimum absolute atomic E-state index is 0.317. The fourth-order valence-corrected chi connectivity index (χ4v) is 3.00. The van der Waals surface area contributed by atoms with Gasteiger partial charge in [0.05, 0.1) is 6.04 Å². The molecule has 5 heteroatoms. The van der Waals surface area contributed by atoms with Crippen LogP contribution in [0.4, 0.5) is 19.3 Å². The lowest BCUT2D eigenvalue weighted by Gasteiger charge is -2.32. The van der Waals surface area contributed by atoms with E-state index in [9.17, 15) is 13.6 Å². The summed E-state index contributed by atoms with van der Waals surface area (Å²) < 4.78 is 26.5. The molecule has 1 N–H and O–H groups in total. The van der Waals surface area contributed by atoms with Crippen LogP contribution in [0.5, 0.6) is 0 Å². The molecule has 2 amide bonds. The molecule has 0 aliphatic rings. The van der Waals surface area contributed by atoms with E-state index in [-0.39, 0.29) is 23.7 Å². The second kappa shape index (κ2) is 8.45. The Bertz CT molecular complexity index is 880. The number of benzene rings is 3. The summed E-state index contributed by atoms with van der Waals surface area (Å²) in [6, 6.07) is 20.6. The molecule has 0 fully saturated rings. The summed E-state index contributed by atoms with van der Waals surface area (Å²) in [6.07, 6.45) is 0. The van der Waals surface area contributed by atoms with E-state index in [0.29, 0.717) is 12.2 Å². The van der Waals surface area contributed by atoms with Gasteiger partial charge in [-0.15, -0.1) is 0 Å². The molecule has 0 aliphatic heterocycles. The SMILES string of the molecule is CCN(C(=O)Nc1ccc(F)cc1)C(c1ccccc1)c1ccc(F)cc1. The first-order valence-electron chi connectivity index (χ1n) is 8.72. The van der Waals surface area contributed by atoms with Crippen molar-refractivity contribution in [3.63, 3.8) is 0 Å². The van der Waals surface area contributed by atoms with Crippen LogP contribution in [0.3, 0.4) is 0 Å². The quantitative estimate of drug-likeness (QED) is 0.625. The third-order valence-electron chi connectivity index (χ3n) is 4.31. The molecule has 0 bridgehead atoms. The van der Waals surface area contributed by atoms with Gasteiger partial charge in [-0.3, -0.25) is 0 Å². The van der Waals surface area contributed by atoms with Crippen molar-refractivity contribution in [2.75, 3.05) is 11.9 Å². The number of anilines is 1. The third kappa shape index (κ3) is 4.50. The lowest BCUT2D eigenvalue weighted by molar-refractivity contribution is 0.201. The highest BCUT2D eigenvalue weighted by atomic mass is 19.1. The fraction of sp³-hybridized carbons (Fsp3) is 0.136. The van der Waals surface area contributed by atoms with Crippen molar-refractivity contribution in [2.45, 2.75) is 13.0 Å². The molecule has 0 saturated heterocycles.